The number of hydrogen-bond acceptors (Lipinski definition) is 4. The van der Waals surface area contributed by atoms with Gasteiger partial charge in [0, 0.05) is 11.8 Å². The number of carbonyl (C=O) groups is 1. The van der Waals surface area contributed by atoms with Gasteiger partial charge in [0.2, 0.25) is 5.91 Å². The zero-order valence-corrected chi connectivity index (χ0v) is 10.2. The first-order chi connectivity index (χ1) is 8.13. The molecule has 0 aliphatic heterocycles. The second-order valence-corrected chi connectivity index (χ2v) is 4.67. The molecule has 1 unspecified atom stereocenters. The Bertz CT molecular complexity index is 442. The van der Waals surface area contributed by atoms with Gasteiger partial charge in [-0.2, -0.15) is 0 Å². The summed E-state index contributed by atoms with van der Waals surface area (Å²) in [5.41, 5.74) is -1.30. The Labute approximate surface area is 103 Å². The van der Waals surface area contributed by atoms with Crippen LogP contribution in [0.15, 0.2) is 40.3 Å². The summed E-state index contributed by atoms with van der Waals surface area (Å²) < 4.78 is 5.26. The maximum Gasteiger partial charge on any atom is 0.216 e. The van der Waals surface area contributed by atoms with Gasteiger partial charge in [-0.05, 0) is 23.6 Å². The van der Waals surface area contributed by atoms with Gasteiger partial charge in [-0.25, -0.2) is 0 Å². The van der Waals surface area contributed by atoms with Gasteiger partial charge in [0.1, 0.15) is 5.76 Å². The van der Waals surface area contributed by atoms with E-state index >= 15 is 0 Å². The second kappa shape index (κ2) is 4.73. The minimum absolute atomic E-state index is 0.0936. The second-order valence-electron chi connectivity index (χ2n) is 3.72. The van der Waals surface area contributed by atoms with Crippen LogP contribution in [0.5, 0.6) is 0 Å². The molecule has 0 bridgehead atoms. The molecule has 2 aromatic rings. The molecule has 4 nitrogen and oxygen atoms in total. The quantitative estimate of drug-likeness (QED) is 0.869. The predicted octanol–water partition coefficient (Wildman–Crippen LogP) is 1.71. The van der Waals surface area contributed by atoms with Crippen LogP contribution < -0.4 is 5.32 Å². The van der Waals surface area contributed by atoms with E-state index in [1.165, 1.54) is 24.5 Å². The molecule has 1 amide bonds. The van der Waals surface area contributed by atoms with Crippen LogP contribution in [0.3, 0.4) is 0 Å². The molecule has 5 heteroatoms. The molecular weight excluding hydrogens is 238 g/mol. The molecular formula is C12H13NO3S. The van der Waals surface area contributed by atoms with Crippen molar-refractivity contribution < 1.29 is 14.3 Å². The van der Waals surface area contributed by atoms with E-state index in [2.05, 4.69) is 5.32 Å². The fourth-order valence-corrected chi connectivity index (χ4v) is 2.40. The van der Waals surface area contributed by atoms with Crippen LogP contribution in [-0.2, 0) is 10.4 Å². The molecule has 90 valence electrons. The van der Waals surface area contributed by atoms with E-state index in [-0.39, 0.29) is 12.5 Å². The predicted molar refractivity (Wildman–Crippen MR) is 64.7 cm³/mol. The van der Waals surface area contributed by atoms with Crippen molar-refractivity contribution in [2.24, 2.45) is 0 Å². The van der Waals surface area contributed by atoms with Crippen LogP contribution >= 0.6 is 11.3 Å². The van der Waals surface area contributed by atoms with Crippen molar-refractivity contribution in [1.82, 2.24) is 5.32 Å². The molecule has 2 aromatic heterocycles. The van der Waals surface area contributed by atoms with Gasteiger partial charge in [-0.15, -0.1) is 11.3 Å². The maximum absolute atomic E-state index is 11.0. The number of carbonyl (C=O) groups excluding carboxylic acids is 1. The van der Waals surface area contributed by atoms with Crippen LogP contribution in [0.4, 0.5) is 0 Å². The van der Waals surface area contributed by atoms with Crippen LogP contribution in [-0.4, -0.2) is 17.6 Å². The molecule has 2 N–H and O–H groups in total. The van der Waals surface area contributed by atoms with Crippen LogP contribution in [0.25, 0.3) is 0 Å². The molecule has 0 radical (unpaired) electrons. The molecule has 0 saturated carbocycles. The van der Waals surface area contributed by atoms with Gasteiger partial charge < -0.3 is 14.8 Å². The van der Waals surface area contributed by atoms with Crippen LogP contribution in [0.1, 0.15) is 17.6 Å². The average Bonchev–Trinajstić information content (AvgIpc) is 2.97. The molecule has 17 heavy (non-hydrogen) atoms. The highest BCUT2D eigenvalue weighted by Gasteiger charge is 2.35. The summed E-state index contributed by atoms with van der Waals surface area (Å²) >= 11 is 1.42. The maximum atomic E-state index is 11.0. The fraction of sp³-hybridized carbons (Fsp3) is 0.250. The molecule has 0 saturated heterocycles. The number of nitrogens with one attached hydrogen (secondary N) is 1. The van der Waals surface area contributed by atoms with Crippen molar-refractivity contribution in [3.8, 4) is 0 Å². The third-order valence-electron chi connectivity index (χ3n) is 2.45. The molecule has 0 spiro atoms. The lowest BCUT2D eigenvalue weighted by molar-refractivity contribution is -0.120. The first-order valence-electron chi connectivity index (χ1n) is 5.18. The molecule has 0 aliphatic rings. The Kier molecular flexibility index (Phi) is 3.31. The van der Waals surface area contributed by atoms with Gasteiger partial charge in [-0.1, -0.05) is 6.07 Å². The summed E-state index contributed by atoms with van der Waals surface area (Å²) in [6, 6.07) is 7.07. The molecule has 0 aliphatic carbocycles. The Hall–Kier alpha value is -1.59. The first kappa shape index (κ1) is 11.9. The van der Waals surface area contributed by atoms with Crippen molar-refractivity contribution in [1.29, 1.82) is 0 Å². The lowest BCUT2D eigenvalue weighted by Crippen LogP contribution is -2.40. The molecule has 0 fully saturated rings. The van der Waals surface area contributed by atoms with Gasteiger partial charge in [-0.3, -0.25) is 4.79 Å². The highest BCUT2D eigenvalue weighted by atomic mass is 32.1. The number of hydrogen-bond donors (Lipinski definition) is 2. The smallest absolute Gasteiger partial charge is 0.216 e. The number of thiophene rings is 1. The zero-order valence-electron chi connectivity index (χ0n) is 9.34. The Morgan fingerprint density at radius 3 is 2.88 bits per heavy atom. The molecule has 2 heterocycles. The highest BCUT2D eigenvalue weighted by molar-refractivity contribution is 7.10. The zero-order chi connectivity index (χ0) is 12.3. The number of amides is 1. The van der Waals surface area contributed by atoms with Gasteiger partial charge in [0.05, 0.1) is 12.8 Å². The Balaban J connectivity index is 2.33. The van der Waals surface area contributed by atoms with Crippen molar-refractivity contribution in [3.63, 3.8) is 0 Å². The van der Waals surface area contributed by atoms with E-state index in [4.69, 9.17) is 4.42 Å². The normalized spacial score (nSPS) is 14.2. The topological polar surface area (TPSA) is 62.5 Å². The third kappa shape index (κ3) is 2.40. The van der Waals surface area contributed by atoms with E-state index in [9.17, 15) is 9.90 Å². The number of aliphatic hydroxyl groups is 1. The SMILES string of the molecule is CC(=O)NCC(O)(c1ccco1)c1cccs1. The first-order valence-corrected chi connectivity index (χ1v) is 6.05. The van der Waals surface area contributed by atoms with Crippen molar-refractivity contribution in [3.05, 3.63) is 46.5 Å². The van der Waals surface area contributed by atoms with E-state index in [1.54, 1.807) is 12.1 Å². The van der Waals surface area contributed by atoms with E-state index in [0.717, 1.165) is 4.88 Å². The minimum Gasteiger partial charge on any atom is -0.466 e. The summed E-state index contributed by atoms with van der Waals surface area (Å²) in [5, 5.41) is 15.2. The molecule has 0 aromatic carbocycles. The van der Waals surface area contributed by atoms with Crippen molar-refractivity contribution >= 4 is 17.2 Å². The summed E-state index contributed by atoms with van der Waals surface area (Å²) in [7, 11) is 0. The standard InChI is InChI=1S/C12H13NO3S/c1-9(14)13-8-12(15,10-4-2-6-16-10)11-5-3-7-17-11/h2-7,15H,8H2,1H3,(H,13,14). The van der Waals surface area contributed by atoms with Crippen LogP contribution in [0, 0.1) is 0 Å². The lowest BCUT2D eigenvalue weighted by atomic mass is 9.98. The molecule has 1 atom stereocenters. The van der Waals surface area contributed by atoms with Crippen molar-refractivity contribution in [2.75, 3.05) is 6.54 Å². The fourth-order valence-electron chi connectivity index (χ4n) is 1.58. The van der Waals surface area contributed by atoms with Gasteiger partial charge in [0.25, 0.3) is 0 Å². The van der Waals surface area contributed by atoms with E-state index in [1.807, 2.05) is 17.5 Å². The van der Waals surface area contributed by atoms with Crippen molar-refractivity contribution in [2.45, 2.75) is 12.5 Å². The Morgan fingerprint density at radius 1 is 1.53 bits per heavy atom. The largest absolute Gasteiger partial charge is 0.466 e. The van der Waals surface area contributed by atoms with Crippen LogP contribution in [0.2, 0.25) is 0 Å². The summed E-state index contributed by atoms with van der Waals surface area (Å²) in [6.07, 6.45) is 1.50. The minimum atomic E-state index is -1.30. The summed E-state index contributed by atoms with van der Waals surface area (Å²) in [4.78, 5) is 11.7. The van der Waals surface area contributed by atoms with Gasteiger partial charge in [0.15, 0.2) is 5.60 Å². The monoisotopic (exact) mass is 251 g/mol. The van der Waals surface area contributed by atoms with E-state index < -0.39 is 5.60 Å². The number of rotatable bonds is 4. The number of furan rings is 1. The van der Waals surface area contributed by atoms with Gasteiger partial charge >= 0.3 is 0 Å². The third-order valence-corrected chi connectivity index (χ3v) is 3.47. The molecule has 2 rings (SSSR count). The summed E-state index contributed by atoms with van der Waals surface area (Å²) in [5.74, 6) is 0.236. The average molecular weight is 251 g/mol. The summed E-state index contributed by atoms with van der Waals surface area (Å²) in [6.45, 7) is 1.51. The van der Waals surface area contributed by atoms with E-state index in [0.29, 0.717) is 5.76 Å². The lowest BCUT2D eigenvalue weighted by Gasteiger charge is -2.24. The Morgan fingerprint density at radius 2 is 2.35 bits per heavy atom. The highest BCUT2D eigenvalue weighted by Crippen LogP contribution is 2.32.